The van der Waals surface area contributed by atoms with Crippen LogP contribution in [0.1, 0.15) is 32.6 Å². The molecule has 3 rings (SSSR count). The number of hydrogen-bond acceptors (Lipinski definition) is 6. The first kappa shape index (κ1) is 27.7. The Hall–Kier alpha value is -1.88. The van der Waals surface area contributed by atoms with Crippen molar-refractivity contribution in [2.24, 2.45) is 0 Å². The minimum atomic E-state index is -0.925. The summed E-state index contributed by atoms with van der Waals surface area (Å²) in [5.41, 5.74) is -1.13. The molecule has 2 atom stereocenters. The fraction of sp³-hybridized carbons (Fsp3) is 0.480. The van der Waals surface area contributed by atoms with Crippen LogP contribution < -0.4 is 10.0 Å². The van der Waals surface area contributed by atoms with E-state index in [-0.39, 0.29) is 28.3 Å². The molecule has 0 saturated carbocycles. The highest BCUT2D eigenvalue weighted by Gasteiger charge is 2.36. The number of benzene rings is 2. The van der Waals surface area contributed by atoms with Gasteiger partial charge in [-0.1, -0.05) is 0 Å². The van der Waals surface area contributed by atoms with Crippen molar-refractivity contribution in [1.29, 1.82) is 0 Å². The average molecular weight is 528 g/mol. The molecule has 35 heavy (non-hydrogen) atoms. The van der Waals surface area contributed by atoms with E-state index in [1.807, 2.05) is 19.0 Å². The lowest BCUT2D eigenvalue weighted by Crippen LogP contribution is -2.46. The maximum Gasteiger partial charge on any atom is 0.262 e. The molecule has 10 heteroatoms. The molecule has 5 nitrogen and oxygen atoms in total. The van der Waals surface area contributed by atoms with E-state index in [1.54, 1.807) is 19.1 Å². The van der Waals surface area contributed by atoms with Crippen LogP contribution in [0.2, 0.25) is 0 Å². The molecule has 2 aromatic carbocycles. The molecule has 2 unspecified atom stereocenters. The van der Waals surface area contributed by atoms with Gasteiger partial charge in [-0.3, -0.25) is 9.52 Å². The number of carbonyl (C=O) groups excluding carboxylic acids is 1. The van der Waals surface area contributed by atoms with Gasteiger partial charge in [-0.05, 0) is 102 Å². The highest BCUT2D eigenvalue weighted by atomic mass is 32.2. The van der Waals surface area contributed by atoms with E-state index in [0.717, 1.165) is 36.2 Å². The van der Waals surface area contributed by atoms with E-state index in [1.165, 1.54) is 36.0 Å². The Balaban J connectivity index is 1.64. The summed E-state index contributed by atoms with van der Waals surface area (Å²) in [5.74, 6) is -1.54. The van der Waals surface area contributed by atoms with Gasteiger partial charge in [-0.15, -0.1) is 11.8 Å². The van der Waals surface area contributed by atoms with Crippen LogP contribution in [0.5, 0.6) is 0 Å². The number of thioether (sulfide) groups is 1. The van der Waals surface area contributed by atoms with Crippen molar-refractivity contribution in [2.45, 2.75) is 54.0 Å². The van der Waals surface area contributed by atoms with Crippen molar-refractivity contribution in [3.63, 3.8) is 0 Å². The van der Waals surface area contributed by atoms with Gasteiger partial charge in [0, 0.05) is 28.2 Å². The van der Waals surface area contributed by atoms with Gasteiger partial charge >= 0.3 is 0 Å². The third kappa shape index (κ3) is 8.34. The summed E-state index contributed by atoms with van der Waals surface area (Å²) in [6, 6.07) is 8.33. The van der Waals surface area contributed by atoms with Crippen LogP contribution >= 0.6 is 23.7 Å². The molecule has 2 aromatic rings. The van der Waals surface area contributed by atoms with Crippen LogP contribution in [-0.4, -0.2) is 55.4 Å². The second-order valence-electron chi connectivity index (χ2n) is 9.03. The zero-order valence-electron chi connectivity index (χ0n) is 20.2. The predicted molar refractivity (Wildman–Crippen MR) is 136 cm³/mol. The molecule has 0 aromatic heterocycles. The number of amides is 1. The largest absolute Gasteiger partial charge is 0.377 e. The standard InChI is InChI=1S/C25H32F3N3O2S2/c1-25(11-4-5-13-33-25)24(32)30-35-20-14-21(27)23(22(28)15-20)29-18(10-12-31(2)3)16-34-19-8-6-17(26)7-9-19/h6-9,14-15,18,29H,4-5,10-13,16H2,1-3H3,(H,30,32). The van der Waals surface area contributed by atoms with Crippen molar-refractivity contribution in [3.05, 3.63) is 53.8 Å². The molecule has 1 saturated heterocycles. The Labute approximate surface area is 213 Å². The summed E-state index contributed by atoms with van der Waals surface area (Å²) < 4.78 is 51.3. The summed E-state index contributed by atoms with van der Waals surface area (Å²) >= 11 is 2.36. The maximum atomic E-state index is 14.9. The molecule has 0 aliphatic carbocycles. The number of nitrogens with one attached hydrogen (secondary N) is 2. The Morgan fingerprint density at radius 2 is 1.80 bits per heavy atom. The van der Waals surface area contributed by atoms with E-state index in [0.29, 0.717) is 25.2 Å². The van der Waals surface area contributed by atoms with Gasteiger partial charge in [-0.2, -0.15) is 0 Å². The molecular weight excluding hydrogens is 495 g/mol. The van der Waals surface area contributed by atoms with Crippen LogP contribution in [0.4, 0.5) is 18.9 Å². The lowest BCUT2D eigenvalue weighted by Gasteiger charge is -2.32. The van der Waals surface area contributed by atoms with Crippen LogP contribution in [0.25, 0.3) is 0 Å². The van der Waals surface area contributed by atoms with Crippen LogP contribution in [0.3, 0.4) is 0 Å². The van der Waals surface area contributed by atoms with Crippen molar-refractivity contribution < 1.29 is 22.7 Å². The summed E-state index contributed by atoms with van der Waals surface area (Å²) in [4.78, 5) is 15.7. The van der Waals surface area contributed by atoms with Gasteiger partial charge in [-0.25, -0.2) is 13.2 Å². The van der Waals surface area contributed by atoms with Crippen LogP contribution in [0, 0.1) is 17.5 Å². The monoisotopic (exact) mass is 527 g/mol. The normalized spacial score (nSPS) is 18.9. The van der Waals surface area contributed by atoms with Gasteiger partial charge in [0.05, 0.1) is 0 Å². The predicted octanol–water partition coefficient (Wildman–Crippen LogP) is 5.71. The third-order valence-corrected chi connectivity index (χ3v) is 7.70. The number of anilines is 1. The molecule has 0 spiro atoms. The fourth-order valence-corrected chi connectivity index (χ4v) is 5.34. The second-order valence-corrected chi connectivity index (χ2v) is 11.0. The van der Waals surface area contributed by atoms with Crippen molar-refractivity contribution >= 4 is 35.3 Å². The van der Waals surface area contributed by atoms with E-state index < -0.39 is 17.2 Å². The highest BCUT2D eigenvalue weighted by Crippen LogP contribution is 2.30. The SMILES string of the molecule is CN(C)CCC(CSc1ccc(F)cc1)Nc1c(F)cc(SNC(=O)C2(C)CCCCO2)cc1F. The Kier molecular flexibility index (Phi) is 10.2. The summed E-state index contributed by atoms with van der Waals surface area (Å²) in [7, 11) is 3.87. The first-order chi connectivity index (χ1) is 16.7. The second kappa shape index (κ2) is 12.9. The summed E-state index contributed by atoms with van der Waals surface area (Å²) in [6.07, 6.45) is 3.08. The first-order valence-corrected chi connectivity index (χ1v) is 13.4. The zero-order valence-corrected chi connectivity index (χ0v) is 21.8. The molecule has 1 aliphatic heterocycles. The Bertz CT molecular complexity index is 963. The van der Waals surface area contributed by atoms with Gasteiger partial charge in [0.1, 0.15) is 28.7 Å². The number of rotatable bonds is 11. The lowest BCUT2D eigenvalue weighted by atomic mass is 9.95. The number of ether oxygens (including phenoxy) is 1. The minimum absolute atomic E-state index is 0.202. The number of halogens is 3. The van der Waals surface area contributed by atoms with Gasteiger partial charge in [0.25, 0.3) is 5.91 Å². The van der Waals surface area contributed by atoms with E-state index in [9.17, 15) is 18.0 Å². The zero-order chi connectivity index (χ0) is 25.4. The molecule has 2 N–H and O–H groups in total. The van der Waals surface area contributed by atoms with Crippen LogP contribution in [-0.2, 0) is 9.53 Å². The first-order valence-electron chi connectivity index (χ1n) is 11.6. The Morgan fingerprint density at radius 3 is 2.40 bits per heavy atom. The van der Waals surface area contributed by atoms with Crippen LogP contribution in [0.15, 0.2) is 46.2 Å². The number of carbonyl (C=O) groups is 1. The third-order valence-electron chi connectivity index (χ3n) is 5.76. The van der Waals surface area contributed by atoms with Crippen molar-refractivity contribution in [3.8, 4) is 0 Å². The highest BCUT2D eigenvalue weighted by molar-refractivity contribution is 7.99. The number of nitrogens with zero attached hydrogens (tertiary/aromatic N) is 1. The van der Waals surface area contributed by atoms with E-state index in [4.69, 9.17) is 4.74 Å². The van der Waals surface area contributed by atoms with Crippen molar-refractivity contribution in [1.82, 2.24) is 9.62 Å². The van der Waals surface area contributed by atoms with Crippen molar-refractivity contribution in [2.75, 3.05) is 38.3 Å². The molecule has 0 bridgehead atoms. The molecule has 1 fully saturated rings. The molecule has 192 valence electrons. The molecule has 1 amide bonds. The van der Waals surface area contributed by atoms with E-state index in [2.05, 4.69) is 10.0 Å². The number of hydrogen-bond donors (Lipinski definition) is 2. The summed E-state index contributed by atoms with van der Waals surface area (Å²) in [6.45, 7) is 2.98. The fourth-order valence-electron chi connectivity index (χ4n) is 3.62. The molecular formula is C25H32F3N3O2S2. The molecule has 1 aliphatic rings. The quantitative estimate of drug-likeness (QED) is 0.288. The Morgan fingerprint density at radius 1 is 1.11 bits per heavy atom. The molecule has 0 radical (unpaired) electrons. The minimum Gasteiger partial charge on any atom is -0.377 e. The lowest BCUT2D eigenvalue weighted by molar-refractivity contribution is -0.148. The average Bonchev–Trinajstić information content (AvgIpc) is 2.82. The van der Waals surface area contributed by atoms with Gasteiger partial charge in [0.2, 0.25) is 0 Å². The van der Waals surface area contributed by atoms with Gasteiger partial charge in [0.15, 0.2) is 0 Å². The topological polar surface area (TPSA) is 53.6 Å². The summed E-state index contributed by atoms with van der Waals surface area (Å²) in [5, 5.41) is 3.01. The van der Waals surface area contributed by atoms with Gasteiger partial charge < -0.3 is 15.0 Å². The maximum absolute atomic E-state index is 14.9. The smallest absolute Gasteiger partial charge is 0.262 e. The van der Waals surface area contributed by atoms with E-state index >= 15 is 0 Å². The molecule has 1 heterocycles.